The molecule has 0 radical (unpaired) electrons. The van der Waals surface area contributed by atoms with Crippen LogP contribution in [0.2, 0.25) is 0 Å². The van der Waals surface area contributed by atoms with Gasteiger partial charge in [-0.05, 0) is 32.4 Å². The SMILES string of the molecule is CCCCN=C(NCCc1ccco1)N1CCN(CC(=O)NC(C)C)CC1.I. The zero-order chi connectivity index (χ0) is 19.5. The lowest BCUT2D eigenvalue weighted by molar-refractivity contribution is -0.123. The number of piperazine rings is 1. The molecule has 0 bridgehead atoms. The molecule has 1 aromatic rings. The molecule has 2 rings (SSSR count). The Morgan fingerprint density at radius 2 is 2.04 bits per heavy atom. The molecule has 0 unspecified atom stereocenters. The van der Waals surface area contributed by atoms with Crippen molar-refractivity contribution in [3.8, 4) is 0 Å². The van der Waals surface area contributed by atoms with E-state index in [1.807, 2.05) is 26.0 Å². The van der Waals surface area contributed by atoms with E-state index in [0.29, 0.717) is 6.54 Å². The quantitative estimate of drug-likeness (QED) is 0.233. The number of guanidine groups is 1. The van der Waals surface area contributed by atoms with Crippen LogP contribution in [0.5, 0.6) is 0 Å². The van der Waals surface area contributed by atoms with Crippen molar-refractivity contribution in [1.29, 1.82) is 0 Å². The maximum Gasteiger partial charge on any atom is 0.234 e. The van der Waals surface area contributed by atoms with E-state index < -0.39 is 0 Å². The summed E-state index contributed by atoms with van der Waals surface area (Å²) in [6.45, 7) is 11.8. The summed E-state index contributed by atoms with van der Waals surface area (Å²) in [5, 5.41) is 6.45. The van der Waals surface area contributed by atoms with Crippen molar-refractivity contribution < 1.29 is 9.21 Å². The van der Waals surface area contributed by atoms with Crippen LogP contribution in [0.25, 0.3) is 0 Å². The average molecular weight is 505 g/mol. The Balaban J connectivity index is 0.00000392. The first kappa shape index (κ1) is 24.7. The highest BCUT2D eigenvalue weighted by Gasteiger charge is 2.21. The number of carbonyl (C=O) groups excluding carboxylic acids is 1. The van der Waals surface area contributed by atoms with Gasteiger partial charge in [-0.2, -0.15) is 0 Å². The second-order valence-corrected chi connectivity index (χ2v) is 7.30. The first-order valence-corrected chi connectivity index (χ1v) is 10.2. The van der Waals surface area contributed by atoms with E-state index in [0.717, 1.165) is 70.3 Å². The molecule has 0 aromatic carbocycles. The number of hydrogen-bond acceptors (Lipinski definition) is 4. The third kappa shape index (κ3) is 9.27. The number of unbranched alkanes of at least 4 members (excludes halogenated alkanes) is 1. The van der Waals surface area contributed by atoms with Gasteiger partial charge in [-0.25, -0.2) is 0 Å². The van der Waals surface area contributed by atoms with Gasteiger partial charge in [0.2, 0.25) is 5.91 Å². The van der Waals surface area contributed by atoms with Crippen molar-refractivity contribution in [3.63, 3.8) is 0 Å². The van der Waals surface area contributed by atoms with Crippen molar-refractivity contribution in [1.82, 2.24) is 20.4 Å². The van der Waals surface area contributed by atoms with E-state index >= 15 is 0 Å². The minimum absolute atomic E-state index is 0. The van der Waals surface area contributed by atoms with Crippen LogP contribution in [0, 0.1) is 0 Å². The largest absolute Gasteiger partial charge is 0.469 e. The number of nitrogens with one attached hydrogen (secondary N) is 2. The van der Waals surface area contributed by atoms with Crippen LogP contribution in [0.4, 0.5) is 0 Å². The summed E-state index contributed by atoms with van der Waals surface area (Å²) in [7, 11) is 0. The number of hydrogen-bond donors (Lipinski definition) is 2. The fraction of sp³-hybridized carbons (Fsp3) is 0.700. The summed E-state index contributed by atoms with van der Waals surface area (Å²) >= 11 is 0. The third-order valence-corrected chi connectivity index (χ3v) is 4.50. The maximum atomic E-state index is 12.0. The molecule has 28 heavy (non-hydrogen) atoms. The summed E-state index contributed by atoms with van der Waals surface area (Å²) in [6.07, 6.45) is 4.79. The second-order valence-electron chi connectivity index (χ2n) is 7.30. The van der Waals surface area contributed by atoms with Gasteiger partial charge >= 0.3 is 0 Å². The molecule has 1 aliphatic rings. The van der Waals surface area contributed by atoms with Gasteiger partial charge in [-0.1, -0.05) is 13.3 Å². The topological polar surface area (TPSA) is 73.1 Å². The number of aliphatic imine (C=N–C) groups is 1. The van der Waals surface area contributed by atoms with Gasteiger partial charge in [0, 0.05) is 51.7 Å². The van der Waals surface area contributed by atoms with Crippen LogP contribution in [-0.2, 0) is 11.2 Å². The van der Waals surface area contributed by atoms with Crippen molar-refractivity contribution in [3.05, 3.63) is 24.2 Å². The third-order valence-electron chi connectivity index (χ3n) is 4.50. The van der Waals surface area contributed by atoms with Crippen molar-refractivity contribution in [2.24, 2.45) is 4.99 Å². The van der Waals surface area contributed by atoms with Gasteiger partial charge in [0.1, 0.15) is 5.76 Å². The number of rotatable bonds is 9. The van der Waals surface area contributed by atoms with E-state index in [1.54, 1.807) is 6.26 Å². The number of amides is 1. The van der Waals surface area contributed by atoms with Crippen molar-refractivity contribution in [2.45, 2.75) is 46.1 Å². The molecule has 0 saturated carbocycles. The normalized spacial score (nSPS) is 15.4. The predicted molar refractivity (Wildman–Crippen MR) is 124 cm³/mol. The summed E-state index contributed by atoms with van der Waals surface area (Å²) in [5.41, 5.74) is 0. The van der Waals surface area contributed by atoms with Gasteiger partial charge in [-0.3, -0.25) is 14.7 Å². The highest BCUT2D eigenvalue weighted by atomic mass is 127. The zero-order valence-electron chi connectivity index (χ0n) is 17.4. The zero-order valence-corrected chi connectivity index (χ0v) is 19.8. The monoisotopic (exact) mass is 505 g/mol. The molecule has 1 amide bonds. The van der Waals surface area contributed by atoms with Crippen LogP contribution in [0.15, 0.2) is 27.8 Å². The van der Waals surface area contributed by atoms with E-state index in [9.17, 15) is 4.79 Å². The van der Waals surface area contributed by atoms with Crippen LogP contribution in [-0.4, -0.2) is 73.5 Å². The standard InChI is InChI=1S/C20H35N5O2.HI/c1-4-5-9-21-20(22-10-8-18-7-6-15-27-18)25-13-11-24(12-14-25)16-19(26)23-17(2)3;/h6-7,15,17H,4-5,8-14,16H2,1-3H3,(H,21,22)(H,23,26);1H. The molecule has 0 atom stereocenters. The number of halogens is 1. The molecule has 0 spiro atoms. The lowest BCUT2D eigenvalue weighted by Gasteiger charge is -2.36. The summed E-state index contributed by atoms with van der Waals surface area (Å²) in [6, 6.07) is 4.10. The van der Waals surface area contributed by atoms with E-state index in [1.165, 1.54) is 0 Å². The lowest BCUT2D eigenvalue weighted by Crippen LogP contribution is -2.54. The van der Waals surface area contributed by atoms with E-state index in [4.69, 9.17) is 9.41 Å². The first-order chi connectivity index (χ1) is 13.1. The fourth-order valence-corrected chi connectivity index (χ4v) is 3.05. The number of nitrogens with zero attached hydrogens (tertiary/aromatic N) is 3. The summed E-state index contributed by atoms with van der Waals surface area (Å²) in [4.78, 5) is 21.2. The van der Waals surface area contributed by atoms with Crippen LogP contribution >= 0.6 is 24.0 Å². The molecular formula is C20H36IN5O2. The number of carbonyl (C=O) groups is 1. The summed E-state index contributed by atoms with van der Waals surface area (Å²) in [5.74, 6) is 2.06. The molecule has 1 aliphatic heterocycles. The van der Waals surface area contributed by atoms with Crippen LogP contribution in [0.3, 0.4) is 0 Å². The Kier molecular flexibility index (Phi) is 12.2. The first-order valence-electron chi connectivity index (χ1n) is 10.2. The Morgan fingerprint density at radius 3 is 2.64 bits per heavy atom. The Morgan fingerprint density at radius 1 is 1.29 bits per heavy atom. The molecule has 1 saturated heterocycles. The molecule has 8 heteroatoms. The predicted octanol–water partition coefficient (Wildman–Crippen LogP) is 2.33. The Bertz CT molecular complexity index is 569. The highest BCUT2D eigenvalue weighted by Crippen LogP contribution is 2.04. The molecular weight excluding hydrogens is 469 g/mol. The fourth-order valence-electron chi connectivity index (χ4n) is 3.05. The molecule has 2 heterocycles. The van der Waals surface area contributed by atoms with Gasteiger partial charge in [0.25, 0.3) is 0 Å². The molecule has 1 aromatic heterocycles. The Labute approximate surface area is 186 Å². The van der Waals surface area contributed by atoms with Crippen molar-refractivity contribution in [2.75, 3.05) is 45.8 Å². The minimum atomic E-state index is 0. The van der Waals surface area contributed by atoms with Crippen LogP contribution in [0.1, 0.15) is 39.4 Å². The second kappa shape index (κ2) is 13.8. The average Bonchev–Trinajstić information content (AvgIpc) is 3.14. The van der Waals surface area contributed by atoms with E-state index in [2.05, 4.69) is 27.4 Å². The molecule has 0 aliphatic carbocycles. The molecule has 1 fully saturated rings. The smallest absolute Gasteiger partial charge is 0.234 e. The minimum Gasteiger partial charge on any atom is -0.469 e. The van der Waals surface area contributed by atoms with Gasteiger partial charge < -0.3 is 20.0 Å². The number of furan rings is 1. The van der Waals surface area contributed by atoms with Crippen molar-refractivity contribution >= 4 is 35.8 Å². The molecule has 7 nitrogen and oxygen atoms in total. The van der Waals surface area contributed by atoms with Crippen LogP contribution < -0.4 is 10.6 Å². The Hall–Kier alpha value is -1.29. The van der Waals surface area contributed by atoms with E-state index in [-0.39, 0.29) is 35.9 Å². The summed E-state index contributed by atoms with van der Waals surface area (Å²) < 4.78 is 5.40. The van der Waals surface area contributed by atoms with Gasteiger partial charge in [-0.15, -0.1) is 24.0 Å². The maximum absolute atomic E-state index is 12.0. The molecule has 2 N–H and O–H groups in total. The lowest BCUT2D eigenvalue weighted by atomic mass is 10.3. The highest BCUT2D eigenvalue weighted by molar-refractivity contribution is 14.0. The van der Waals surface area contributed by atoms with Gasteiger partial charge in [0.15, 0.2) is 5.96 Å². The molecule has 160 valence electrons. The van der Waals surface area contributed by atoms with Gasteiger partial charge in [0.05, 0.1) is 12.8 Å².